The summed E-state index contributed by atoms with van der Waals surface area (Å²) in [5.74, 6) is 0.807. The molecule has 2 N–H and O–H groups in total. The molecule has 0 aliphatic rings. The molecule has 4 heteroatoms. The number of nitrogens with two attached hydrogens (primary N) is 1. The molecule has 0 radical (unpaired) electrons. The van der Waals surface area contributed by atoms with Crippen molar-refractivity contribution < 1.29 is 4.74 Å². The standard InChI is InChI=1S/C15H14N2OS/c1-18-12-7-6-10-4-2-3-5-11(10)13(12)14(16)15-17-8-9-19-15/h2-9,14H,16H2,1H3. The van der Waals surface area contributed by atoms with Gasteiger partial charge in [-0.05, 0) is 16.8 Å². The topological polar surface area (TPSA) is 48.1 Å². The molecule has 1 aromatic heterocycles. The van der Waals surface area contributed by atoms with Crippen LogP contribution in [-0.2, 0) is 0 Å². The molecule has 0 aliphatic heterocycles. The smallest absolute Gasteiger partial charge is 0.124 e. The third kappa shape index (κ3) is 2.09. The highest BCUT2D eigenvalue weighted by Crippen LogP contribution is 2.35. The number of ether oxygens (including phenoxy) is 1. The van der Waals surface area contributed by atoms with Crippen LogP contribution in [0.2, 0.25) is 0 Å². The Morgan fingerprint density at radius 1 is 1.21 bits per heavy atom. The molecule has 0 bridgehead atoms. The SMILES string of the molecule is COc1ccc2ccccc2c1C(N)c1nccs1. The Labute approximate surface area is 115 Å². The quantitative estimate of drug-likeness (QED) is 0.794. The molecule has 3 rings (SSSR count). The van der Waals surface area contributed by atoms with Gasteiger partial charge in [-0.1, -0.05) is 30.3 Å². The molecule has 1 unspecified atom stereocenters. The van der Waals surface area contributed by atoms with E-state index in [4.69, 9.17) is 10.5 Å². The zero-order valence-corrected chi connectivity index (χ0v) is 11.4. The van der Waals surface area contributed by atoms with Gasteiger partial charge in [-0.3, -0.25) is 0 Å². The zero-order valence-electron chi connectivity index (χ0n) is 10.5. The molecule has 0 saturated heterocycles. The second-order valence-corrected chi connectivity index (χ2v) is 5.18. The molecule has 1 heterocycles. The lowest BCUT2D eigenvalue weighted by atomic mass is 9.98. The number of methoxy groups -OCH3 is 1. The lowest BCUT2D eigenvalue weighted by Gasteiger charge is -2.16. The van der Waals surface area contributed by atoms with Gasteiger partial charge in [-0.15, -0.1) is 11.3 Å². The van der Waals surface area contributed by atoms with Crippen molar-refractivity contribution in [2.45, 2.75) is 6.04 Å². The van der Waals surface area contributed by atoms with E-state index in [2.05, 4.69) is 17.1 Å². The number of thiazole rings is 1. The van der Waals surface area contributed by atoms with Crippen LogP contribution in [-0.4, -0.2) is 12.1 Å². The molecular formula is C15H14N2OS. The van der Waals surface area contributed by atoms with Crippen LogP contribution in [0.3, 0.4) is 0 Å². The normalized spacial score (nSPS) is 12.5. The number of nitrogens with zero attached hydrogens (tertiary/aromatic N) is 1. The maximum Gasteiger partial charge on any atom is 0.124 e. The van der Waals surface area contributed by atoms with Crippen molar-refractivity contribution in [1.82, 2.24) is 4.98 Å². The van der Waals surface area contributed by atoms with E-state index in [0.717, 1.165) is 27.1 Å². The highest BCUT2D eigenvalue weighted by Gasteiger charge is 2.19. The molecule has 96 valence electrons. The van der Waals surface area contributed by atoms with Crippen LogP contribution in [0.5, 0.6) is 5.75 Å². The fourth-order valence-electron chi connectivity index (χ4n) is 2.29. The van der Waals surface area contributed by atoms with Crippen molar-refractivity contribution in [2.75, 3.05) is 7.11 Å². The van der Waals surface area contributed by atoms with Crippen LogP contribution < -0.4 is 10.5 Å². The van der Waals surface area contributed by atoms with E-state index in [-0.39, 0.29) is 6.04 Å². The molecule has 0 saturated carbocycles. The van der Waals surface area contributed by atoms with Gasteiger partial charge in [0.05, 0.1) is 13.2 Å². The highest BCUT2D eigenvalue weighted by atomic mass is 32.1. The average molecular weight is 270 g/mol. The van der Waals surface area contributed by atoms with Crippen molar-refractivity contribution in [3.63, 3.8) is 0 Å². The first-order chi connectivity index (χ1) is 9.31. The summed E-state index contributed by atoms with van der Waals surface area (Å²) < 4.78 is 5.47. The van der Waals surface area contributed by atoms with Crippen molar-refractivity contribution in [3.05, 3.63) is 58.5 Å². The predicted octanol–water partition coefficient (Wildman–Crippen LogP) is 3.35. The van der Waals surface area contributed by atoms with Crippen LogP contribution in [0.25, 0.3) is 10.8 Å². The molecule has 3 nitrogen and oxygen atoms in total. The van der Waals surface area contributed by atoms with Gasteiger partial charge in [0.1, 0.15) is 10.8 Å². The molecule has 1 atom stereocenters. The summed E-state index contributed by atoms with van der Waals surface area (Å²) in [6, 6.07) is 11.9. The zero-order chi connectivity index (χ0) is 13.2. The summed E-state index contributed by atoms with van der Waals surface area (Å²) >= 11 is 1.56. The summed E-state index contributed by atoms with van der Waals surface area (Å²) in [6.45, 7) is 0. The van der Waals surface area contributed by atoms with E-state index in [1.54, 1.807) is 24.6 Å². The van der Waals surface area contributed by atoms with Crippen LogP contribution in [0.1, 0.15) is 16.6 Å². The van der Waals surface area contributed by atoms with Gasteiger partial charge in [0.15, 0.2) is 0 Å². The molecule has 19 heavy (non-hydrogen) atoms. The Morgan fingerprint density at radius 3 is 2.79 bits per heavy atom. The molecule has 2 aromatic carbocycles. The Morgan fingerprint density at radius 2 is 2.05 bits per heavy atom. The number of hydrogen-bond acceptors (Lipinski definition) is 4. The molecule has 3 aromatic rings. The molecule has 0 amide bonds. The first-order valence-electron chi connectivity index (χ1n) is 6.02. The van der Waals surface area contributed by atoms with E-state index >= 15 is 0 Å². The van der Waals surface area contributed by atoms with Crippen molar-refractivity contribution in [1.29, 1.82) is 0 Å². The Bertz CT molecular complexity index is 694. The number of rotatable bonds is 3. The van der Waals surface area contributed by atoms with Crippen molar-refractivity contribution in [3.8, 4) is 5.75 Å². The van der Waals surface area contributed by atoms with Gasteiger partial charge in [0, 0.05) is 17.1 Å². The predicted molar refractivity (Wildman–Crippen MR) is 78.6 cm³/mol. The molecule has 0 spiro atoms. The van der Waals surface area contributed by atoms with Gasteiger partial charge >= 0.3 is 0 Å². The van der Waals surface area contributed by atoms with Gasteiger partial charge < -0.3 is 10.5 Å². The summed E-state index contributed by atoms with van der Waals surface area (Å²) in [5, 5.41) is 5.11. The monoisotopic (exact) mass is 270 g/mol. The average Bonchev–Trinajstić information content (AvgIpc) is 2.99. The first kappa shape index (κ1) is 12.1. The molecule has 0 fully saturated rings. The second-order valence-electron chi connectivity index (χ2n) is 4.25. The van der Waals surface area contributed by atoms with E-state index in [1.165, 1.54) is 0 Å². The van der Waals surface area contributed by atoms with E-state index in [9.17, 15) is 0 Å². The van der Waals surface area contributed by atoms with Crippen LogP contribution in [0, 0.1) is 0 Å². The number of benzene rings is 2. The summed E-state index contributed by atoms with van der Waals surface area (Å²) in [7, 11) is 1.67. The second kappa shape index (κ2) is 4.99. The summed E-state index contributed by atoms with van der Waals surface area (Å²) in [4.78, 5) is 4.31. The van der Waals surface area contributed by atoms with Crippen molar-refractivity contribution in [2.24, 2.45) is 5.73 Å². The Hall–Kier alpha value is -1.91. The van der Waals surface area contributed by atoms with Crippen LogP contribution >= 0.6 is 11.3 Å². The lowest BCUT2D eigenvalue weighted by Crippen LogP contribution is -2.13. The minimum absolute atomic E-state index is 0.263. The fraction of sp³-hybridized carbons (Fsp3) is 0.133. The maximum absolute atomic E-state index is 6.37. The first-order valence-corrected chi connectivity index (χ1v) is 6.90. The number of fused-ring (bicyclic) bond motifs is 1. The highest BCUT2D eigenvalue weighted by molar-refractivity contribution is 7.09. The minimum Gasteiger partial charge on any atom is -0.496 e. The van der Waals surface area contributed by atoms with Gasteiger partial charge in [-0.25, -0.2) is 4.98 Å². The Balaban J connectivity index is 2.25. The largest absolute Gasteiger partial charge is 0.496 e. The summed E-state index contributed by atoms with van der Waals surface area (Å²) in [5.41, 5.74) is 7.37. The third-order valence-electron chi connectivity index (χ3n) is 3.18. The minimum atomic E-state index is -0.263. The number of hydrogen-bond donors (Lipinski definition) is 1. The van der Waals surface area contributed by atoms with E-state index in [1.807, 2.05) is 29.6 Å². The third-order valence-corrected chi connectivity index (χ3v) is 4.04. The molecule has 0 aliphatic carbocycles. The van der Waals surface area contributed by atoms with Crippen LogP contribution in [0.4, 0.5) is 0 Å². The van der Waals surface area contributed by atoms with Gasteiger partial charge in [-0.2, -0.15) is 0 Å². The van der Waals surface area contributed by atoms with Crippen molar-refractivity contribution >= 4 is 22.1 Å². The maximum atomic E-state index is 6.37. The van der Waals surface area contributed by atoms with E-state index < -0.39 is 0 Å². The summed E-state index contributed by atoms with van der Waals surface area (Å²) in [6.07, 6.45) is 1.78. The number of aromatic nitrogens is 1. The van der Waals surface area contributed by atoms with Gasteiger partial charge in [0.25, 0.3) is 0 Å². The Kier molecular flexibility index (Phi) is 3.19. The molecular weight excluding hydrogens is 256 g/mol. The van der Waals surface area contributed by atoms with E-state index in [0.29, 0.717) is 0 Å². The van der Waals surface area contributed by atoms with Crippen LogP contribution in [0.15, 0.2) is 48.0 Å². The fourth-order valence-corrected chi connectivity index (χ4v) is 2.93. The van der Waals surface area contributed by atoms with Gasteiger partial charge in [0.2, 0.25) is 0 Å². The lowest BCUT2D eigenvalue weighted by molar-refractivity contribution is 0.409.